The Morgan fingerprint density at radius 1 is 1.32 bits per heavy atom. The third-order valence-electron chi connectivity index (χ3n) is 5.50. The lowest BCUT2D eigenvalue weighted by atomic mass is 9.76. The molecule has 1 aromatic rings. The second kappa shape index (κ2) is 7.01. The topological polar surface area (TPSA) is 99.1 Å². The van der Waals surface area contributed by atoms with Crippen LogP contribution in [0.5, 0.6) is 5.75 Å². The molecule has 0 amide bonds. The van der Waals surface area contributed by atoms with Crippen LogP contribution in [0.25, 0.3) is 0 Å². The number of aliphatic carboxylic acids is 1. The van der Waals surface area contributed by atoms with Crippen molar-refractivity contribution in [2.24, 2.45) is 5.41 Å². The Hall–Kier alpha value is -2.12. The molecule has 0 bridgehead atoms. The van der Waals surface area contributed by atoms with E-state index in [9.17, 15) is 14.7 Å². The predicted octanol–water partition coefficient (Wildman–Crippen LogP) is 1.42. The van der Waals surface area contributed by atoms with Gasteiger partial charge in [0.15, 0.2) is 0 Å². The lowest BCUT2D eigenvalue weighted by molar-refractivity contribution is -0.139. The fraction of sp³-hybridized carbons (Fsp3) is 0.556. The number of rotatable bonds is 5. The van der Waals surface area contributed by atoms with Gasteiger partial charge in [-0.25, -0.2) is 4.79 Å². The SMILES string of the molecule is COc1ccc(C(=O)O)cc1CN1CCC2(CC1)CNC(C(=O)O)C2. The Bertz CT molecular complexity index is 667. The van der Waals surface area contributed by atoms with E-state index in [0.717, 1.165) is 38.0 Å². The first kappa shape index (κ1) is 17.7. The van der Waals surface area contributed by atoms with Gasteiger partial charge >= 0.3 is 11.9 Å². The highest BCUT2D eigenvalue weighted by Gasteiger charge is 2.43. The zero-order valence-corrected chi connectivity index (χ0v) is 14.3. The summed E-state index contributed by atoms with van der Waals surface area (Å²) in [4.78, 5) is 24.6. The Labute approximate surface area is 146 Å². The van der Waals surface area contributed by atoms with Gasteiger partial charge in [0.25, 0.3) is 0 Å². The molecule has 1 aromatic carbocycles. The Balaban J connectivity index is 1.64. The molecule has 1 spiro atoms. The summed E-state index contributed by atoms with van der Waals surface area (Å²) in [6.07, 6.45) is 2.59. The van der Waals surface area contributed by atoms with E-state index in [0.29, 0.717) is 18.7 Å². The van der Waals surface area contributed by atoms with E-state index in [4.69, 9.17) is 9.84 Å². The molecular weight excluding hydrogens is 324 g/mol. The summed E-state index contributed by atoms with van der Waals surface area (Å²) >= 11 is 0. The Kier molecular flexibility index (Phi) is 4.96. The monoisotopic (exact) mass is 348 g/mol. The summed E-state index contributed by atoms with van der Waals surface area (Å²) in [6, 6.07) is 4.48. The van der Waals surface area contributed by atoms with Crippen LogP contribution in [0.15, 0.2) is 18.2 Å². The van der Waals surface area contributed by atoms with E-state index in [2.05, 4.69) is 10.2 Å². The fourth-order valence-electron chi connectivity index (χ4n) is 3.93. The van der Waals surface area contributed by atoms with Crippen molar-refractivity contribution in [1.82, 2.24) is 10.2 Å². The van der Waals surface area contributed by atoms with Gasteiger partial charge in [-0.15, -0.1) is 0 Å². The van der Waals surface area contributed by atoms with E-state index in [1.165, 1.54) is 0 Å². The number of nitrogens with one attached hydrogen (secondary N) is 1. The maximum absolute atomic E-state index is 11.2. The van der Waals surface area contributed by atoms with Crippen LogP contribution in [-0.4, -0.2) is 59.8 Å². The minimum absolute atomic E-state index is 0.0759. The maximum Gasteiger partial charge on any atom is 0.335 e. The number of carboxylic acid groups (broad SMARTS) is 2. The number of benzene rings is 1. The van der Waals surface area contributed by atoms with Crippen molar-refractivity contribution in [3.8, 4) is 5.75 Å². The third kappa shape index (κ3) is 3.77. The lowest BCUT2D eigenvalue weighted by Crippen LogP contribution is -2.40. The highest BCUT2D eigenvalue weighted by atomic mass is 16.5. The lowest BCUT2D eigenvalue weighted by Gasteiger charge is -2.39. The molecule has 7 nitrogen and oxygen atoms in total. The van der Waals surface area contributed by atoms with Gasteiger partial charge < -0.3 is 20.3 Å². The molecule has 2 heterocycles. The highest BCUT2D eigenvalue weighted by Crippen LogP contribution is 2.40. The van der Waals surface area contributed by atoms with Crippen LogP contribution in [0.1, 0.15) is 35.2 Å². The number of nitrogens with zero attached hydrogens (tertiary/aromatic N) is 1. The molecule has 0 aromatic heterocycles. The van der Waals surface area contributed by atoms with Crippen molar-refractivity contribution < 1.29 is 24.5 Å². The smallest absolute Gasteiger partial charge is 0.335 e. The van der Waals surface area contributed by atoms with E-state index in [1.54, 1.807) is 25.3 Å². The fourth-order valence-corrected chi connectivity index (χ4v) is 3.93. The minimum atomic E-state index is -0.946. The van der Waals surface area contributed by atoms with Crippen molar-refractivity contribution in [3.63, 3.8) is 0 Å². The van der Waals surface area contributed by atoms with Crippen LogP contribution in [0, 0.1) is 5.41 Å². The normalized spacial score (nSPS) is 22.8. The molecule has 136 valence electrons. The quantitative estimate of drug-likeness (QED) is 0.740. The van der Waals surface area contributed by atoms with Crippen molar-refractivity contribution in [3.05, 3.63) is 29.3 Å². The van der Waals surface area contributed by atoms with Gasteiger partial charge in [0, 0.05) is 18.7 Å². The summed E-state index contributed by atoms with van der Waals surface area (Å²) in [7, 11) is 1.58. The average molecular weight is 348 g/mol. The van der Waals surface area contributed by atoms with Crippen LogP contribution in [0.2, 0.25) is 0 Å². The number of aromatic carboxylic acids is 1. The average Bonchev–Trinajstić information content (AvgIpc) is 3.01. The molecule has 0 saturated carbocycles. The zero-order valence-electron chi connectivity index (χ0n) is 14.3. The number of likely N-dealkylation sites (tertiary alicyclic amines) is 1. The number of methoxy groups -OCH3 is 1. The highest BCUT2D eigenvalue weighted by molar-refractivity contribution is 5.88. The van der Waals surface area contributed by atoms with Gasteiger partial charge in [0.1, 0.15) is 11.8 Å². The van der Waals surface area contributed by atoms with Crippen molar-refractivity contribution in [2.75, 3.05) is 26.7 Å². The van der Waals surface area contributed by atoms with Crippen molar-refractivity contribution in [1.29, 1.82) is 0 Å². The van der Waals surface area contributed by atoms with Gasteiger partial charge in [-0.2, -0.15) is 0 Å². The first-order valence-corrected chi connectivity index (χ1v) is 8.51. The number of carboxylic acids is 2. The van der Waals surface area contributed by atoms with Crippen LogP contribution in [0.4, 0.5) is 0 Å². The van der Waals surface area contributed by atoms with Gasteiger partial charge in [-0.1, -0.05) is 0 Å². The number of carbonyl (C=O) groups is 2. The molecule has 2 aliphatic rings. The van der Waals surface area contributed by atoms with E-state index in [-0.39, 0.29) is 11.0 Å². The predicted molar refractivity (Wildman–Crippen MR) is 90.9 cm³/mol. The van der Waals surface area contributed by atoms with Crippen LogP contribution >= 0.6 is 0 Å². The van der Waals surface area contributed by atoms with E-state index in [1.807, 2.05) is 0 Å². The summed E-state index contributed by atoms with van der Waals surface area (Å²) in [5.74, 6) is -1.02. The summed E-state index contributed by atoms with van der Waals surface area (Å²) < 4.78 is 5.36. The number of hydrogen-bond acceptors (Lipinski definition) is 5. The largest absolute Gasteiger partial charge is 0.496 e. The molecule has 2 aliphatic heterocycles. The van der Waals surface area contributed by atoms with E-state index < -0.39 is 18.0 Å². The second-order valence-corrected chi connectivity index (χ2v) is 7.08. The van der Waals surface area contributed by atoms with E-state index >= 15 is 0 Å². The van der Waals surface area contributed by atoms with Gasteiger partial charge in [-0.3, -0.25) is 9.69 Å². The van der Waals surface area contributed by atoms with Crippen molar-refractivity contribution in [2.45, 2.75) is 31.8 Å². The summed E-state index contributed by atoms with van der Waals surface area (Å²) in [5, 5.41) is 21.5. The summed E-state index contributed by atoms with van der Waals surface area (Å²) in [5.41, 5.74) is 1.20. The zero-order chi connectivity index (χ0) is 18.0. The van der Waals surface area contributed by atoms with Gasteiger partial charge in [0.05, 0.1) is 12.7 Å². The molecule has 0 radical (unpaired) electrons. The molecule has 3 N–H and O–H groups in total. The van der Waals surface area contributed by atoms with Gasteiger partial charge in [0.2, 0.25) is 0 Å². The molecule has 1 atom stereocenters. The number of ether oxygens (including phenoxy) is 1. The molecular formula is C18H24N2O5. The number of piperidine rings is 1. The second-order valence-electron chi connectivity index (χ2n) is 7.08. The van der Waals surface area contributed by atoms with Gasteiger partial charge in [-0.05, 0) is 56.0 Å². The molecule has 3 rings (SSSR count). The first-order chi connectivity index (χ1) is 11.9. The standard InChI is InChI=1S/C18H24N2O5/c1-25-15-3-2-12(16(21)22)8-13(15)10-20-6-4-18(5-7-20)9-14(17(23)24)19-11-18/h2-3,8,14,19H,4-7,9-11H2,1H3,(H,21,22)(H,23,24). The summed E-state index contributed by atoms with van der Waals surface area (Å²) in [6.45, 7) is 3.13. The van der Waals surface area contributed by atoms with Crippen molar-refractivity contribution >= 4 is 11.9 Å². The maximum atomic E-state index is 11.2. The molecule has 0 aliphatic carbocycles. The first-order valence-electron chi connectivity index (χ1n) is 8.51. The van der Waals surface area contributed by atoms with Crippen LogP contribution < -0.4 is 10.1 Å². The number of hydrogen-bond donors (Lipinski definition) is 3. The molecule has 7 heteroatoms. The Morgan fingerprint density at radius 3 is 2.60 bits per heavy atom. The minimum Gasteiger partial charge on any atom is -0.496 e. The molecule has 25 heavy (non-hydrogen) atoms. The van der Waals surface area contributed by atoms with Crippen LogP contribution in [0.3, 0.4) is 0 Å². The molecule has 2 saturated heterocycles. The van der Waals surface area contributed by atoms with Crippen LogP contribution in [-0.2, 0) is 11.3 Å². The molecule has 1 unspecified atom stereocenters. The Morgan fingerprint density at radius 2 is 2.04 bits per heavy atom. The third-order valence-corrected chi connectivity index (χ3v) is 5.50. The molecule has 2 fully saturated rings.